The van der Waals surface area contributed by atoms with Gasteiger partial charge in [-0.05, 0) is 37.1 Å². The van der Waals surface area contributed by atoms with Crippen LogP contribution in [0.15, 0.2) is 52.6 Å². The summed E-state index contributed by atoms with van der Waals surface area (Å²) < 4.78 is 1.30. The van der Waals surface area contributed by atoms with Crippen molar-refractivity contribution >= 4 is 49.7 Å². The Balaban J connectivity index is 1.25. The summed E-state index contributed by atoms with van der Waals surface area (Å²) in [6, 6.07) is 13.9. The second kappa shape index (κ2) is 6.83. The first-order chi connectivity index (χ1) is 13.7. The summed E-state index contributed by atoms with van der Waals surface area (Å²) in [6.45, 7) is 1.76. The zero-order chi connectivity index (χ0) is 19.1. The summed E-state index contributed by atoms with van der Waals surface area (Å²) in [5, 5.41) is 6.52. The molecule has 1 fully saturated rings. The van der Waals surface area contributed by atoms with Crippen molar-refractivity contribution in [1.29, 1.82) is 0 Å². The Kier molecular flexibility index (Phi) is 4.16. The first-order valence-electron chi connectivity index (χ1n) is 9.41. The molecule has 0 spiro atoms. The van der Waals surface area contributed by atoms with Crippen LogP contribution in [0.25, 0.3) is 21.1 Å². The third-order valence-corrected chi connectivity index (χ3v) is 6.40. The van der Waals surface area contributed by atoms with Gasteiger partial charge in [0, 0.05) is 40.2 Å². The fraction of sp³-hybridized carbons (Fsp3) is 0.238. The maximum atomic E-state index is 12.7. The number of fused-ring (bicyclic) bond motifs is 2. The summed E-state index contributed by atoms with van der Waals surface area (Å²) >= 11 is 1.77. The van der Waals surface area contributed by atoms with Gasteiger partial charge in [0.25, 0.3) is 0 Å². The van der Waals surface area contributed by atoms with Gasteiger partial charge in [-0.1, -0.05) is 18.2 Å². The number of thiophene rings is 1. The molecule has 0 bridgehead atoms. The Morgan fingerprint density at radius 3 is 2.71 bits per heavy atom. The van der Waals surface area contributed by atoms with Crippen molar-refractivity contribution < 1.29 is 4.79 Å². The molecule has 7 heteroatoms. The molecule has 5 rings (SSSR count). The molecule has 0 unspecified atom stereocenters. The van der Waals surface area contributed by atoms with E-state index in [0.29, 0.717) is 11.2 Å². The van der Waals surface area contributed by atoms with Crippen molar-refractivity contribution in [2.75, 3.05) is 23.3 Å². The van der Waals surface area contributed by atoms with Crippen molar-refractivity contribution in [2.24, 2.45) is 5.92 Å². The molecule has 4 aromatic rings. The molecule has 0 atom stereocenters. The average Bonchev–Trinajstić information content (AvgIpc) is 3.30. The van der Waals surface area contributed by atoms with Crippen LogP contribution < -0.4 is 15.9 Å². The van der Waals surface area contributed by atoms with Crippen molar-refractivity contribution in [3.63, 3.8) is 0 Å². The highest BCUT2D eigenvalue weighted by Crippen LogP contribution is 2.35. The Morgan fingerprint density at radius 1 is 1.07 bits per heavy atom. The van der Waals surface area contributed by atoms with Gasteiger partial charge in [0.1, 0.15) is 0 Å². The van der Waals surface area contributed by atoms with Crippen molar-refractivity contribution in [2.45, 2.75) is 12.8 Å². The Labute approximate surface area is 165 Å². The molecule has 142 valence electrons. The monoisotopic (exact) mass is 392 g/mol. The molecular formula is C21H20N4O2S. The van der Waals surface area contributed by atoms with E-state index in [1.165, 1.54) is 15.8 Å². The van der Waals surface area contributed by atoms with Gasteiger partial charge in [-0.2, -0.15) is 0 Å². The molecule has 0 saturated carbocycles. The molecule has 1 amide bonds. The number of hydrogen-bond acceptors (Lipinski definition) is 4. The normalized spacial score (nSPS) is 15.4. The minimum Gasteiger partial charge on any atom is -0.370 e. The topological polar surface area (TPSA) is 81.0 Å². The second-order valence-electron chi connectivity index (χ2n) is 7.21. The number of anilines is 2. The molecular weight excluding hydrogens is 372 g/mol. The molecule has 6 nitrogen and oxygen atoms in total. The zero-order valence-corrected chi connectivity index (χ0v) is 16.0. The third kappa shape index (κ3) is 3.07. The summed E-state index contributed by atoms with van der Waals surface area (Å²) in [7, 11) is 0. The number of nitrogens with zero attached hydrogens (tertiary/aromatic N) is 1. The summed E-state index contributed by atoms with van der Waals surface area (Å²) in [5.74, 6) is 0.0502. The third-order valence-electron chi connectivity index (χ3n) is 5.45. The number of imidazole rings is 1. The first-order valence-corrected chi connectivity index (χ1v) is 10.3. The minimum atomic E-state index is -0.244. The Hall–Kier alpha value is -3.06. The van der Waals surface area contributed by atoms with E-state index in [2.05, 4.69) is 49.8 Å². The van der Waals surface area contributed by atoms with Gasteiger partial charge in [-0.3, -0.25) is 4.79 Å². The molecule has 2 aromatic heterocycles. The zero-order valence-electron chi connectivity index (χ0n) is 15.2. The lowest BCUT2D eigenvalue weighted by Crippen LogP contribution is -2.38. The van der Waals surface area contributed by atoms with Gasteiger partial charge in [0.05, 0.1) is 16.7 Å². The number of carbonyl (C=O) groups excluding carboxylic acids is 1. The van der Waals surface area contributed by atoms with Gasteiger partial charge in [-0.25, -0.2) is 4.79 Å². The largest absolute Gasteiger partial charge is 0.370 e. The van der Waals surface area contributed by atoms with Gasteiger partial charge < -0.3 is 20.2 Å². The number of nitrogens with one attached hydrogen (secondary N) is 3. The summed E-state index contributed by atoms with van der Waals surface area (Å²) in [6.07, 6.45) is 1.67. The lowest BCUT2D eigenvalue weighted by molar-refractivity contribution is -0.120. The quantitative estimate of drug-likeness (QED) is 0.494. The number of rotatable bonds is 3. The van der Waals surface area contributed by atoms with E-state index in [-0.39, 0.29) is 17.5 Å². The van der Waals surface area contributed by atoms with Crippen LogP contribution in [-0.2, 0) is 4.79 Å². The van der Waals surface area contributed by atoms with E-state index in [1.807, 2.05) is 6.07 Å². The van der Waals surface area contributed by atoms with Crippen LogP contribution in [0.1, 0.15) is 12.8 Å². The maximum Gasteiger partial charge on any atom is 0.323 e. The number of amides is 1. The molecule has 1 aliphatic rings. The number of piperidine rings is 1. The Morgan fingerprint density at radius 2 is 1.86 bits per heavy atom. The van der Waals surface area contributed by atoms with Crippen LogP contribution in [0.3, 0.4) is 0 Å². The summed E-state index contributed by atoms with van der Waals surface area (Å²) in [5.41, 5.74) is 3.17. The lowest BCUT2D eigenvalue weighted by atomic mass is 9.95. The van der Waals surface area contributed by atoms with Gasteiger partial charge in [-0.15, -0.1) is 11.3 Å². The number of H-pyrrole nitrogens is 2. The van der Waals surface area contributed by atoms with Crippen LogP contribution >= 0.6 is 11.3 Å². The standard InChI is InChI=1S/C21H20N4O2S/c26-20(22-14-5-6-16-17(11-14)24-21(27)23-16)13-7-9-25(10-8-13)18-12-28-19-4-2-1-3-15(18)19/h1-6,11-13H,7-10H2,(H,22,26)(H2,23,24,27). The smallest absolute Gasteiger partial charge is 0.323 e. The van der Waals surface area contributed by atoms with E-state index >= 15 is 0 Å². The highest BCUT2D eigenvalue weighted by Gasteiger charge is 2.26. The van der Waals surface area contributed by atoms with Crippen molar-refractivity contribution in [1.82, 2.24) is 9.97 Å². The van der Waals surface area contributed by atoms with E-state index in [1.54, 1.807) is 23.5 Å². The van der Waals surface area contributed by atoms with Gasteiger partial charge >= 0.3 is 5.69 Å². The fourth-order valence-corrected chi connectivity index (χ4v) is 4.92. The van der Waals surface area contributed by atoms with Crippen molar-refractivity contribution in [3.8, 4) is 0 Å². The Bertz CT molecular complexity index is 1210. The van der Waals surface area contributed by atoms with Crippen molar-refractivity contribution in [3.05, 3.63) is 58.3 Å². The molecule has 1 saturated heterocycles. The predicted molar refractivity (Wildman–Crippen MR) is 114 cm³/mol. The molecule has 28 heavy (non-hydrogen) atoms. The van der Waals surface area contributed by atoms with E-state index in [4.69, 9.17) is 0 Å². The highest BCUT2D eigenvalue weighted by atomic mass is 32.1. The van der Waals surface area contributed by atoms with Crippen LogP contribution in [-0.4, -0.2) is 29.0 Å². The number of carbonyl (C=O) groups is 1. The molecule has 0 aliphatic carbocycles. The molecule has 3 N–H and O–H groups in total. The second-order valence-corrected chi connectivity index (χ2v) is 8.12. The lowest BCUT2D eigenvalue weighted by Gasteiger charge is -2.32. The number of aromatic nitrogens is 2. The van der Waals surface area contributed by atoms with Crippen LogP contribution in [0.2, 0.25) is 0 Å². The average molecular weight is 392 g/mol. The molecule has 0 radical (unpaired) electrons. The van der Waals surface area contributed by atoms with Gasteiger partial charge in [0.2, 0.25) is 5.91 Å². The predicted octanol–water partition coefficient (Wildman–Crippen LogP) is 3.93. The molecule has 3 heterocycles. The number of benzene rings is 2. The highest BCUT2D eigenvalue weighted by molar-refractivity contribution is 7.17. The van der Waals surface area contributed by atoms with E-state index < -0.39 is 0 Å². The number of hydrogen-bond donors (Lipinski definition) is 3. The molecule has 1 aliphatic heterocycles. The maximum absolute atomic E-state index is 12.7. The van der Waals surface area contributed by atoms with Crippen LogP contribution in [0.5, 0.6) is 0 Å². The summed E-state index contributed by atoms with van der Waals surface area (Å²) in [4.78, 5) is 31.9. The SMILES string of the molecule is O=C(Nc1ccc2[nH]c(=O)[nH]c2c1)C1CCN(c2csc3ccccc23)CC1. The molecule has 2 aromatic carbocycles. The fourth-order valence-electron chi connectivity index (χ4n) is 3.95. The first kappa shape index (κ1) is 17.1. The number of aromatic amines is 2. The van der Waals surface area contributed by atoms with Crippen LogP contribution in [0, 0.1) is 5.92 Å². The van der Waals surface area contributed by atoms with E-state index in [9.17, 15) is 9.59 Å². The minimum absolute atomic E-state index is 0.00196. The van der Waals surface area contributed by atoms with Gasteiger partial charge in [0.15, 0.2) is 0 Å². The van der Waals surface area contributed by atoms with Crippen LogP contribution in [0.4, 0.5) is 11.4 Å². The van der Waals surface area contributed by atoms with E-state index in [0.717, 1.165) is 31.4 Å².